The van der Waals surface area contributed by atoms with Gasteiger partial charge in [0.2, 0.25) is 0 Å². The first-order chi connectivity index (χ1) is 9.06. The summed E-state index contributed by atoms with van der Waals surface area (Å²) in [5, 5.41) is 5.98. The number of rotatable bonds is 2. The summed E-state index contributed by atoms with van der Waals surface area (Å²) in [6, 6.07) is 10.0. The van der Waals surface area contributed by atoms with E-state index in [1.807, 2.05) is 0 Å². The molecule has 0 amide bonds. The number of halogens is 3. The molecule has 2 N–H and O–H groups in total. The van der Waals surface area contributed by atoms with E-state index < -0.39 is 11.6 Å². The van der Waals surface area contributed by atoms with E-state index in [0.29, 0.717) is 10.7 Å². The van der Waals surface area contributed by atoms with Gasteiger partial charge in [-0.25, -0.2) is 8.78 Å². The molecular weight excluding hydrogens is 290 g/mol. The third-order valence-electron chi connectivity index (χ3n) is 2.30. The molecule has 2 rings (SSSR count). The molecule has 0 saturated carbocycles. The minimum atomic E-state index is -0.593. The fourth-order valence-corrected chi connectivity index (χ4v) is 1.83. The molecule has 0 heterocycles. The zero-order chi connectivity index (χ0) is 13.8. The second-order valence-corrected chi connectivity index (χ2v) is 4.50. The molecule has 6 heteroatoms. The Morgan fingerprint density at radius 2 is 1.68 bits per heavy atom. The fraction of sp³-hybridized carbons (Fsp3) is 0. The van der Waals surface area contributed by atoms with Crippen molar-refractivity contribution in [1.82, 2.24) is 0 Å². The van der Waals surface area contributed by atoms with Crippen LogP contribution in [0.4, 0.5) is 20.2 Å². The molecule has 0 spiro atoms. The van der Waals surface area contributed by atoms with Crippen molar-refractivity contribution >= 4 is 40.3 Å². The number of benzene rings is 2. The van der Waals surface area contributed by atoms with Crippen molar-refractivity contribution in [2.75, 3.05) is 10.6 Å². The Bertz CT molecular complexity index is 619. The van der Waals surface area contributed by atoms with Crippen LogP contribution in [-0.4, -0.2) is 5.11 Å². The van der Waals surface area contributed by atoms with E-state index in [4.69, 9.17) is 23.8 Å². The number of para-hydroxylation sites is 1. The molecule has 0 aliphatic rings. The van der Waals surface area contributed by atoms with Crippen LogP contribution < -0.4 is 10.6 Å². The Kier molecular flexibility index (Phi) is 4.29. The van der Waals surface area contributed by atoms with Crippen LogP contribution in [0, 0.1) is 11.6 Å². The number of nitrogens with one attached hydrogen (secondary N) is 2. The van der Waals surface area contributed by atoms with Gasteiger partial charge in [0.25, 0.3) is 0 Å². The quantitative estimate of drug-likeness (QED) is 0.802. The highest BCUT2D eigenvalue weighted by molar-refractivity contribution is 7.80. The summed E-state index contributed by atoms with van der Waals surface area (Å²) in [6.07, 6.45) is 0. The first-order valence-corrected chi connectivity index (χ1v) is 6.12. The van der Waals surface area contributed by atoms with Gasteiger partial charge < -0.3 is 10.6 Å². The highest BCUT2D eigenvalue weighted by atomic mass is 35.5. The molecule has 0 aliphatic carbocycles. The second kappa shape index (κ2) is 5.95. The van der Waals surface area contributed by atoms with Crippen molar-refractivity contribution in [2.45, 2.75) is 0 Å². The summed E-state index contributed by atoms with van der Waals surface area (Å²) in [7, 11) is 0. The van der Waals surface area contributed by atoms with Crippen molar-refractivity contribution in [3.8, 4) is 0 Å². The Morgan fingerprint density at radius 3 is 2.42 bits per heavy atom. The molecule has 2 nitrogen and oxygen atoms in total. The first kappa shape index (κ1) is 13.7. The molecule has 0 bridgehead atoms. The Hall–Kier alpha value is -1.72. The Morgan fingerprint density at radius 1 is 1.00 bits per heavy atom. The van der Waals surface area contributed by atoms with Gasteiger partial charge in [0.1, 0.15) is 11.6 Å². The average molecular weight is 299 g/mol. The van der Waals surface area contributed by atoms with E-state index in [1.54, 1.807) is 24.3 Å². The predicted molar refractivity (Wildman–Crippen MR) is 77.7 cm³/mol. The third-order valence-corrected chi connectivity index (χ3v) is 2.83. The van der Waals surface area contributed by atoms with Crippen molar-refractivity contribution in [2.24, 2.45) is 0 Å². The van der Waals surface area contributed by atoms with Gasteiger partial charge >= 0.3 is 0 Å². The lowest BCUT2D eigenvalue weighted by molar-refractivity contribution is 0.604. The maximum absolute atomic E-state index is 13.4. The summed E-state index contributed by atoms with van der Waals surface area (Å²) < 4.78 is 26.4. The van der Waals surface area contributed by atoms with Crippen LogP contribution in [0.25, 0.3) is 0 Å². The molecule has 2 aromatic rings. The lowest BCUT2D eigenvalue weighted by Gasteiger charge is -2.12. The summed E-state index contributed by atoms with van der Waals surface area (Å²) >= 11 is 11.0. The van der Waals surface area contributed by atoms with Gasteiger partial charge in [-0.1, -0.05) is 23.7 Å². The molecule has 0 aliphatic heterocycles. The van der Waals surface area contributed by atoms with Crippen molar-refractivity contribution in [3.05, 3.63) is 59.1 Å². The predicted octanol–water partition coefficient (Wildman–Crippen LogP) is 4.43. The van der Waals surface area contributed by atoms with Gasteiger partial charge in [-0.15, -0.1) is 0 Å². The highest BCUT2D eigenvalue weighted by Gasteiger charge is 2.07. The molecule has 0 atom stereocenters. The Balaban J connectivity index is 2.10. The van der Waals surface area contributed by atoms with Crippen molar-refractivity contribution < 1.29 is 8.78 Å². The van der Waals surface area contributed by atoms with Crippen LogP contribution >= 0.6 is 23.8 Å². The maximum Gasteiger partial charge on any atom is 0.175 e. The highest BCUT2D eigenvalue weighted by Crippen LogP contribution is 2.21. The summed E-state index contributed by atoms with van der Waals surface area (Å²) in [5.41, 5.74) is 0.544. The van der Waals surface area contributed by atoms with Gasteiger partial charge in [-0.3, -0.25) is 0 Å². The standard InChI is InChI=1S/C13H9ClF2N2S/c14-9-3-1-2-4-11(9)17-13(19)18-12-7-8(15)5-6-10(12)16/h1-7H,(H2,17,18,19). The van der Waals surface area contributed by atoms with E-state index in [2.05, 4.69) is 10.6 Å². The van der Waals surface area contributed by atoms with Crippen LogP contribution in [-0.2, 0) is 0 Å². The zero-order valence-corrected chi connectivity index (χ0v) is 11.2. The van der Waals surface area contributed by atoms with Crippen molar-refractivity contribution in [1.29, 1.82) is 0 Å². The third kappa shape index (κ3) is 3.62. The SMILES string of the molecule is Fc1ccc(F)c(NC(=S)Nc2ccccc2Cl)c1. The maximum atomic E-state index is 13.4. The number of thiocarbonyl (C=S) groups is 1. The zero-order valence-electron chi connectivity index (χ0n) is 9.58. The van der Waals surface area contributed by atoms with Gasteiger partial charge in [-0.05, 0) is 36.5 Å². The molecular formula is C13H9ClF2N2S. The van der Waals surface area contributed by atoms with Crippen LogP contribution in [0.3, 0.4) is 0 Å². The molecule has 0 radical (unpaired) electrons. The first-order valence-electron chi connectivity index (χ1n) is 5.34. The van der Waals surface area contributed by atoms with Gasteiger partial charge in [0.15, 0.2) is 5.11 Å². The van der Waals surface area contributed by atoms with Crippen LogP contribution in [0.1, 0.15) is 0 Å². The normalized spacial score (nSPS) is 10.1. The topological polar surface area (TPSA) is 24.1 Å². The number of hydrogen-bond acceptors (Lipinski definition) is 1. The van der Waals surface area contributed by atoms with Gasteiger partial charge in [0.05, 0.1) is 16.4 Å². The minimum absolute atomic E-state index is 0.0375. The Labute approximate surface area is 119 Å². The van der Waals surface area contributed by atoms with Crippen molar-refractivity contribution in [3.63, 3.8) is 0 Å². The number of anilines is 2. The van der Waals surface area contributed by atoms with E-state index in [9.17, 15) is 8.78 Å². The van der Waals surface area contributed by atoms with Gasteiger partial charge in [-0.2, -0.15) is 0 Å². The molecule has 19 heavy (non-hydrogen) atoms. The summed E-state index contributed by atoms with van der Waals surface area (Å²) in [6.45, 7) is 0. The van der Waals surface area contributed by atoms with E-state index in [0.717, 1.165) is 18.2 Å². The van der Waals surface area contributed by atoms with E-state index in [1.165, 1.54) is 0 Å². The molecule has 0 unspecified atom stereocenters. The smallest absolute Gasteiger partial charge is 0.175 e. The molecule has 0 fully saturated rings. The minimum Gasteiger partial charge on any atom is -0.331 e. The molecule has 0 aromatic heterocycles. The number of hydrogen-bond donors (Lipinski definition) is 2. The van der Waals surface area contributed by atoms with Crippen LogP contribution in [0.2, 0.25) is 5.02 Å². The molecule has 98 valence electrons. The lowest BCUT2D eigenvalue weighted by atomic mass is 10.3. The van der Waals surface area contributed by atoms with Gasteiger partial charge in [0, 0.05) is 6.07 Å². The average Bonchev–Trinajstić information content (AvgIpc) is 2.37. The van der Waals surface area contributed by atoms with E-state index in [-0.39, 0.29) is 10.8 Å². The monoisotopic (exact) mass is 298 g/mol. The molecule has 2 aromatic carbocycles. The largest absolute Gasteiger partial charge is 0.331 e. The van der Waals surface area contributed by atoms with Crippen LogP contribution in [0.15, 0.2) is 42.5 Å². The second-order valence-electron chi connectivity index (χ2n) is 3.68. The molecule has 0 saturated heterocycles. The van der Waals surface area contributed by atoms with Crippen LogP contribution in [0.5, 0.6) is 0 Å². The van der Waals surface area contributed by atoms with E-state index >= 15 is 0 Å². The lowest BCUT2D eigenvalue weighted by Crippen LogP contribution is -2.20. The fourth-order valence-electron chi connectivity index (χ4n) is 1.43. The summed E-state index contributed by atoms with van der Waals surface area (Å²) in [5.74, 6) is -1.14. The summed E-state index contributed by atoms with van der Waals surface area (Å²) in [4.78, 5) is 0.